The van der Waals surface area contributed by atoms with Gasteiger partial charge in [0, 0.05) is 29.6 Å². The molecule has 0 atom stereocenters. The van der Waals surface area contributed by atoms with Crippen LogP contribution in [0.4, 0.5) is 0 Å². The van der Waals surface area contributed by atoms with Crippen LogP contribution in [0.3, 0.4) is 0 Å². The molecule has 0 saturated heterocycles. The summed E-state index contributed by atoms with van der Waals surface area (Å²) < 4.78 is 32.4. The molecule has 11 heteroatoms. The lowest BCUT2D eigenvalue weighted by Crippen LogP contribution is -2.05. The van der Waals surface area contributed by atoms with Gasteiger partial charge < -0.3 is 28.1 Å². The topological polar surface area (TPSA) is 93.4 Å². The fourth-order valence-electron chi connectivity index (χ4n) is 3.06. The standard InChI is InChI=1S/C21H19BrO8.C2H4Cl2/c1-10(23)29-20-13(25-2)7-6-12-16(21(22)30-18(12)20)17(24)11-8-14(26-3)19(28-5)15(9-11)27-4;3-1-2-4/h6-9H,1-5H3;1-2H2. The van der Waals surface area contributed by atoms with Gasteiger partial charge in [-0.3, -0.25) is 9.59 Å². The van der Waals surface area contributed by atoms with Gasteiger partial charge in [-0.05, 0) is 40.2 Å². The van der Waals surface area contributed by atoms with Crippen molar-refractivity contribution in [2.45, 2.75) is 6.92 Å². The van der Waals surface area contributed by atoms with Crippen LogP contribution in [0.25, 0.3) is 11.0 Å². The normalized spacial score (nSPS) is 10.2. The van der Waals surface area contributed by atoms with E-state index in [1.165, 1.54) is 35.4 Å². The highest BCUT2D eigenvalue weighted by atomic mass is 79.9. The third-order valence-corrected chi connectivity index (χ3v) is 5.55. The molecule has 0 bridgehead atoms. The predicted molar refractivity (Wildman–Crippen MR) is 133 cm³/mol. The van der Waals surface area contributed by atoms with E-state index in [9.17, 15) is 9.59 Å². The number of esters is 1. The van der Waals surface area contributed by atoms with Crippen molar-refractivity contribution < 1.29 is 37.7 Å². The monoisotopic (exact) mass is 576 g/mol. The Hall–Kier alpha value is -2.62. The van der Waals surface area contributed by atoms with E-state index in [0.29, 0.717) is 40.1 Å². The van der Waals surface area contributed by atoms with Crippen LogP contribution < -0.4 is 23.7 Å². The van der Waals surface area contributed by atoms with Crippen molar-refractivity contribution in [3.63, 3.8) is 0 Å². The van der Waals surface area contributed by atoms with E-state index in [2.05, 4.69) is 15.9 Å². The largest absolute Gasteiger partial charge is 0.493 e. The van der Waals surface area contributed by atoms with E-state index in [4.69, 9.17) is 51.3 Å². The zero-order valence-electron chi connectivity index (χ0n) is 19.1. The van der Waals surface area contributed by atoms with Crippen molar-refractivity contribution in [2.75, 3.05) is 40.2 Å². The molecule has 0 aliphatic carbocycles. The number of benzene rings is 2. The molecule has 0 N–H and O–H groups in total. The number of halogens is 3. The molecule has 2 aromatic carbocycles. The highest BCUT2D eigenvalue weighted by Gasteiger charge is 2.27. The maximum absolute atomic E-state index is 13.4. The van der Waals surface area contributed by atoms with Crippen LogP contribution in [0.5, 0.6) is 28.7 Å². The number of carbonyl (C=O) groups excluding carboxylic acids is 2. The molecule has 8 nitrogen and oxygen atoms in total. The van der Waals surface area contributed by atoms with Crippen LogP contribution in [0.1, 0.15) is 22.8 Å². The summed E-state index contributed by atoms with van der Waals surface area (Å²) in [5, 5.41) is 0.442. The van der Waals surface area contributed by atoms with Crippen LogP contribution in [0, 0.1) is 0 Å². The van der Waals surface area contributed by atoms with Crippen LogP contribution >= 0.6 is 39.1 Å². The number of hydrogen-bond donors (Lipinski definition) is 0. The minimum Gasteiger partial charge on any atom is -0.493 e. The number of rotatable bonds is 8. The molecule has 1 aromatic heterocycles. The predicted octanol–water partition coefficient (Wildman–Crippen LogP) is 5.85. The van der Waals surface area contributed by atoms with Gasteiger partial charge in [-0.25, -0.2) is 0 Å². The molecule has 0 fully saturated rings. The fraction of sp³-hybridized carbons (Fsp3) is 0.304. The van der Waals surface area contributed by atoms with Crippen molar-refractivity contribution >= 4 is 61.9 Å². The first-order chi connectivity index (χ1) is 16.3. The molecule has 0 unspecified atom stereocenters. The van der Waals surface area contributed by atoms with Gasteiger partial charge in [-0.15, -0.1) is 23.2 Å². The van der Waals surface area contributed by atoms with Crippen molar-refractivity contribution in [3.8, 4) is 28.7 Å². The molecule has 3 aromatic rings. The van der Waals surface area contributed by atoms with E-state index in [0.717, 1.165) is 0 Å². The Morgan fingerprint density at radius 2 is 1.44 bits per heavy atom. The molecule has 3 rings (SSSR count). The Kier molecular flexibility index (Phi) is 10.3. The summed E-state index contributed by atoms with van der Waals surface area (Å²) in [4.78, 5) is 24.9. The molecule has 0 radical (unpaired) electrons. The van der Waals surface area contributed by atoms with Crippen molar-refractivity contribution in [2.24, 2.45) is 0 Å². The van der Waals surface area contributed by atoms with E-state index >= 15 is 0 Å². The molecule has 0 aliphatic rings. The number of ether oxygens (including phenoxy) is 5. The third kappa shape index (κ3) is 5.89. The summed E-state index contributed by atoms with van der Waals surface area (Å²) in [6.45, 7) is 1.26. The summed E-state index contributed by atoms with van der Waals surface area (Å²) in [7, 11) is 5.85. The number of hydrogen-bond acceptors (Lipinski definition) is 8. The second kappa shape index (κ2) is 12.7. The number of alkyl halides is 2. The van der Waals surface area contributed by atoms with Crippen molar-refractivity contribution in [3.05, 3.63) is 40.1 Å². The number of methoxy groups -OCH3 is 4. The zero-order chi connectivity index (χ0) is 25.4. The molecule has 34 heavy (non-hydrogen) atoms. The summed E-state index contributed by atoms with van der Waals surface area (Å²) >= 11 is 13.4. The van der Waals surface area contributed by atoms with Gasteiger partial charge in [-0.2, -0.15) is 0 Å². The smallest absolute Gasteiger partial charge is 0.308 e. The van der Waals surface area contributed by atoms with E-state index in [-0.39, 0.29) is 32.9 Å². The first kappa shape index (κ1) is 27.6. The highest BCUT2D eigenvalue weighted by molar-refractivity contribution is 9.10. The molecule has 0 spiro atoms. The van der Waals surface area contributed by atoms with Gasteiger partial charge in [0.25, 0.3) is 0 Å². The lowest BCUT2D eigenvalue weighted by molar-refractivity contribution is -0.131. The second-order valence-corrected chi connectivity index (χ2v) is 7.92. The molecule has 0 amide bonds. The van der Waals surface area contributed by atoms with Gasteiger partial charge in [0.05, 0.1) is 34.0 Å². The summed E-state index contributed by atoms with van der Waals surface area (Å²) in [6.07, 6.45) is 0. The van der Waals surface area contributed by atoms with Crippen molar-refractivity contribution in [1.82, 2.24) is 0 Å². The fourth-order valence-corrected chi connectivity index (χ4v) is 3.61. The molecule has 184 valence electrons. The average Bonchev–Trinajstić information content (AvgIpc) is 3.18. The maximum atomic E-state index is 13.4. The summed E-state index contributed by atoms with van der Waals surface area (Å²) in [5.41, 5.74) is 0.736. The SMILES string of the molecule is COc1cc(C(=O)c2c(Br)oc3c(OC(C)=O)c(OC)ccc23)cc(OC)c1OC.ClCCCl. The van der Waals surface area contributed by atoms with E-state index in [1.807, 2.05) is 0 Å². The quantitative estimate of drug-likeness (QED) is 0.142. The third-order valence-electron chi connectivity index (χ3n) is 4.42. The minimum absolute atomic E-state index is 0.0899. The maximum Gasteiger partial charge on any atom is 0.308 e. The van der Waals surface area contributed by atoms with Crippen LogP contribution in [-0.2, 0) is 4.79 Å². The summed E-state index contributed by atoms with van der Waals surface area (Å²) in [6, 6.07) is 6.34. The van der Waals surface area contributed by atoms with Gasteiger partial charge in [0.15, 0.2) is 33.3 Å². The Morgan fingerprint density at radius 1 is 0.882 bits per heavy atom. The lowest BCUT2D eigenvalue weighted by atomic mass is 10.0. The first-order valence-corrected chi connectivity index (χ1v) is 11.6. The number of furan rings is 1. The van der Waals surface area contributed by atoms with Gasteiger partial charge >= 0.3 is 5.97 Å². The molecular weight excluding hydrogens is 555 g/mol. The number of carbonyl (C=O) groups is 2. The average molecular weight is 578 g/mol. The number of fused-ring (bicyclic) bond motifs is 1. The lowest BCUT2D eigenvalue weighted by Gasteiger charge is -2.13. The van der Waals surface area contributed by atoms with Gasteiger partial charge in [-0.1, -0.05) is 0 Å². The zero-order valence-corrected chi connectivity index (χ0v) is 22.2. The van der Waals surface area contributed by atoms with E-state index < -0.39 is 5.97 Å². The van der Waals surface area contributed by atoms with Crippen LogP contribution in [-0.4, -0.2) is 52.0 Å². The van der Waals surface area contributed by atoms with Crippen LogP contribution in [0.15, 0.2) is 33.4 Å². The summed E-state index contributed by atoms with van der Waals surface area (Å²) in [5.74, 6) is 1.64. The first-order valence-electron chi connectivity index (χ1n) is 9.71. The Labute approximate surface area is 215 Å². The van der Waals surface area contributed by atoms with Gasteiger partial charge in [0.1, 0.15) is 0 Å². The Bertz CT molecular complexity index is 1150. The molecule has 0 aliphatic heterocycles. The minimum atomic E-state index is -0.550. The highest BCUT2D eigenvalue weighted by Crippen LogP contribution is 2.43. The van der Waals surface area contributed by atoms with Crippen molar-refractivity contribution in [1.29, 1.82) is 0 Å². The molecular formula is C23H23BrCl2O8. The molecule has 0 saturated carbocycles. The Balaban J connectivity index is 0.000000945. The Morgan fingerprint density at radius 3 is 1.88 bits per heavy atom. The second-order valence-electron chi connectivity index (χ2n) is 6.44. The van der Waals surface area contributed by atoms with Crippen LogP contribution in [0.2, 0.25) is 0 Å². The van der Waals surface area contributed by atoms with E-state index in [1.54, 1.807) is 24.3 Å². The number of ketones is 1. The van der Waals surface area contributed by atoms with Gasteiger partial charge in [0.2, 0.25) is 11.5 Å². The molecule has 1 heterocycles.